The van der Waals surface area contributed by atoms with E-state index in [0.29, 0.717) is 0 Å². The molecule has 1 amide bonds. The molecule has 3 aromatic rings. The molecule has 1 aliphatic heterocycles. The van der Waals surface area contributed by atoms with E-state index in [4.69, 9.17) is 0 Å². The van der Waals surface area contributed by atoms with Crippen molar-refractivity contribution < 1.29 is 4.79 Å². The summed E-state index contributed by atoms with van der Waals surface area (Å²) >= 11 is 1.52. The van der Waals surface area contributed by atoms with Gasteiger partial charge in [-0.2, -0.15) is 0 Å². The van der Waals surface area contributed by atoms with Crippen LogP contribution in [0.1, 0.15) is 39.9 Å². The number of likely N-dealkylation sites (tertiary alicyclic amines) is 1. The quantitative estimate of drug-likeness (QED) is 0.780. The molecule has 1 aromatic carbocycles. The van der Waals surface area contributed by atoms with Crippen molar-refractivity contribution in [2.75, 3.05) is 6.54 Å². The molecule has 0 bridgehead atoms. The maximum absolute atomic E-state index is 12.8. The molecule has 0 spiro atoms. The molecule has 1 saturated heterocycles. The maximum Gasteiger partial charge on any atom is 0.264 e. The Labute approximate surface area is 132 Å². The minimum Gasteiger partial charge on any atom is -0.340 e. The van der Waals surface area contributed by atoms with Gasteiger partial charge in [-0.25, -0.2) is 4.98 Å². The van der Waals surface area contributed by atoms with Crippen LogP contribution in [-0.2, 0) is 0 Å². The standard InChI is InChI=1S/C17H17N3OS/c1-11-8-10-22-15(11)17(21)20-9-4-7-14(20)16-18-12-5-2-3-6-13(12)19-16/h2-3,5-6,8,10,14H,4,7,9H2,1H3,(H,18,19). The van der Waals surface area contributed by atoms with Gasteiger partial charge in [0, 0.05) is 6.54 Å². The lowest BCUT2D eigenvalue weighted by atomic mass is 10.2. The number of carbonyl (C=O) groups is 1. The Morgan fingerprint density at radius 3 is 3.00 bits per heavy atom. The smallest absolute Gasteiger partial charge is 0.264 e. The van der Waals surface area contributed by atoms with Crippen LogP contribution in [0.4, 0.5) is 0 Å². The molecule has 1 fully saturated rings. The van der Waals surface area contributed by atoms with E-state index in [9.17, 15) is 4.79 Å². The largest absolute Gasteiger partial charge is 0.340 e. The van der Waals surface area contributed by atoms with Crippen LogP contribution >= 0.6 is 11.3 Å². The highest BCUT2D eigenvalue weighted by molar-refractivity contribution is 7.12. The fourth-order valence-electron chi connectivity index (χ4n) is 3.15. The normalized spacial score (nSPS) is 18.2. The number of amides is 1. The number of carbonyl (C=O) groups excluding carboxylic acids is 1. The first-order valence-corrected chi connectivity index (χ1v) is 8.42. The first kappa shape index (κ1) is 13.5. The van der Waals surface area contributed by atoms with Crippen LogP contribution in [0.15, 0.2) is 35.7 Å². The summed E-state index contributed by atoms with van der Waals surface area (Å²) in [6.07, 6.45) is 1.99. The molecule has 1 atom stereocenters. The van der Waals surface area contributed by atoms with Crippen LogP contribution in [0.2, 0.25) is 0 Å². The van der Waals surface area contributed by atoms with E-state index in [1.54, 1.807) is 0 Å². The third kappa shape index (κ3) is 2.13. The summed E-state index contributed by atoms with van der Waals surface area (Å²) in [5.41, 5.74) is 3.05. The molecule has 0 radical (unpaired) electrons. The van der Waals surface area contributed by atoms with Crippen molar-refractivity contribution in [3.05, 3.63) is 52.0 Å². The van der Waals surface area contributed by atoms with Crippen LogP contribution in [0.5, 0.6) is 0 Å². The van der Waals surface area contributed by atoms with E-state index in [2.05, 4.69) is 9.97 Å². The Bertz CT molecular complexity index is 802. The predicted octanol–water partition coefficient (Wildman–Crippen LogP) is 3.91. The number of hydrogen-bond donors (Lipinski definition) is 1. The molecule has 3 heterocycles. The van der Waals surface area contributed by atoms with Crippen LogP contribution in [0.25, 0.3) is 11.0 Å². The van der Waals surface area contributed by atoms with Gasteiger partial charge in [-0.3, -0.25) is 4.79 Å². The SMILES string of the molecule is Cc1ccsc1C(=O)N1CCCC1c1nc2ccccc2[nH]1. The van der Waals surface area contributed by atoms with E-state index in [-0.39, 0.29) is 11.9 Å². The van der Waals surface area contributed by atoms with Crippen molar-refractivity contribution >= 4 is 28.3 Å². The van der Waals surface area contributed by atoms with E-state index in [0.717, 1.165) is 46.7 Å². The molecular weight excluding hydrogens is 294 g/mol. The van der Waals surface area contributed by atoms with Gasteiger partial charge < -0.3 is 9.88 Å². The van der Waals surface area contributed by atoms with Gasteiger partial charge in [-0.15, -0.1) is 11.3 Å². The molecule has 2 aromatic heterocycles. The zero-order chi connectivity index (χ0) is 15.1. The lowest BCUT2D eigenvalue weighted by Crippen LogP contribution is -2.30. The monoisotopic (exact) mass is 311 g/mol. The van der Waals surface area contributed by atoms with Crippen LogP contribution in [0.3, 0.4) is 0 Å². The first-order valence-electron chi connectivity index (χ1n) is 7.54. The molecule has 4 rings (SSSR count). The Morgan fingerprint density at radius 1 is 1.36 bits per heavy atom. The first-order chi connectivity index (χ1) is 10.7. The lowest BCUT2D eigenvalue weighted by Gasteiger charge is -2.23. The highest BCUT2D eigenvalue weighted by Gasteiger charge is 2.33. The Kier molecular flexibility index (Phi) is 3.22. The Morgan fingerprint density at radius 2 is 2.23 bits per heavy atom. The number of aromatic amines is 1. The molecule has 0 aliphatic carbocycles. The highest BCUT2D eigenvalue weighted by atomic mass is 32.1. The van der Waals surface area contributed by atoms with E-state index < -0.39 is 0 Å². The van der Waals surface area contributed by atoms with Gasteiger partial charge in [-0.05, 0) is 48.9 Å². The number of H-pyrrole nitrogens is 1. The number of nitrogens with one attached hydrogen (secondary N) is 1. The van der Waals surface area contributed by atoms with Gasteiger partial charge >= 0.3 is 0 Å². The fraction of sp³-hybridized carbons (Fsp3) is 0.294. The molecule has 1 aliphatic rings. The third-order valence-corrected chi connectivity index (χ3v) is 5.30. The van der Waals surface area contributed by atoms with E-state index in [1.807, 2.05) is 47.5 Å². The van der Waals surface area contributed by atoms with Gasteiger partial charge in [-0.1, -0.05) is 12.1 Å². The molecular formula is C17H17N3OS. The number of benzene rings is 1. The molecule has 0 saturated carbocycles. The second kappa shape index (κ2) is 5.25. The third-order valence-electron chi connectivity index (χ3n) is 4.29. The Balaban J connectivity index is 1.69. The van der Waals surface area contributed by atoms with Crippen molar-refractivity contribution in [1.29, 1.82) is 0 Å². The summed E-state index contributed by atoms with van der Waals surface area (Å²) in [4.78, 5) is 23.7. The molecule has 112 valence electrons. The number of para-hydroxylation sites is 2. The predicted molar refractivity (Wildman–Crippen MR) is 88.2 cm³/mol. The van der Waals surface area contributed by atoms with Gasteiger partial charge in [0.05, 0.1) is 22.0 Å². The van der Waals surface area contributed by atoms with Gasteiger partial charge in [0.1, 0.15) is 5.82 Å². The van der Waals surface area contributed by atoms with Crippen LogP contribution in [0, 0.1) is 6.92 Å². The highest BCUT2D eigenvalue weighted by Crippen LogP contribution is 2.33. The lowest BCUT2D eigenvalue weighted by molar-refractivity contribution is 0.0735. The number of fused-ring (bicyclic) bond motifs is 1. The molecule has 4 nitrogen and oxygen atoms in total. The van der Waals surface area contributed by atoms with Crippen LogP contribution < -0.4 is 0 Å². The van der Waals surface area contributed by atoms with Crippen molar-refractivity contribution in [2.45, 2.75) is 25.8 Å². The van der Waals surface area contributed by atoms with Gasteiger partial charge in [0.25, 0.3) is 5.91 Å². The average Bonchev–Trinajstić information content (AvgIpc) is 3.24. The fourth-order valence-corrected chi connectivity index (χ4v) is 4.03. The summed E-state index contributed by atoms with van der Waals surface area (Å²) in [6, 6.07) is 10.1. The van der Waals surface area contributed by atoms with E-state index >= 15 is 0 Å². The number of imidazole rings is 1. The van der Waals surface area contributed by atoms with Crippen molar-refractivity contribution in [2.24, 2.45) is 0 Å². The Hall–Kier alpha value is -2.14. The minimum atomic E-state index is 0.0569. The van der Waals surface area contributed by atoms with Gasteiger partial charge in [0.2, 0.25) is 0 Å². The summed E-state index contributed by atoms with van der Waals surface area (Å²) in [6.45, 7) is 2.80. The number of rotatable bonds is 2. The number of hydrogen-bond acceptors (Lipinski definition) is 3. The summed E-state index contributed by atoms with van der Waals surface area (Å²) < 4.78 is 0. The summed E-state index contributed by atoms with van der Waals surface area (Å²) in [5.74, 6) is 1.04. The van der Waals surface area contributed by atoms with Crippen LogP contribution in [-0.4, -0.2) is 27.3 Å². The molecule has 22 heavy (non-hydrogen) atoms. The number of nitrogens with zero attached hydrogens (tertiary/aromatic N) is 2. The van der Waals surface area contributed by atoms with Crippen molar-refractivity contribution in [1.82, 2.24) is 14.9 Å². The molecule has 5 heteroatoms. The topological polar surface area (TPSA) is 49.0 Å². The number of thiophene rings is 1. The second-order valence-electron chi connectivity index (χ2n) is 5.73. The summed E-state index contributed by atoms with van der Waals surface area (Å²) in [5, 5.41) is 1.98. The van der Waals surface area contributed by atoms with Gasteiger partial charge in [0.15, 0.2) is 0 Å². The summed E-state index contributed by atoms with van der Waals surface area (Å²) in [7, 11) is 0. The zero-order valence-corrected chi connectivity index (χ0v) is 13.2. The van der Waals surface area contributed by atoms with Crippen molar-refractivity contribution in [3.8, 4) is 0 Å². The minimum absolute atomic E-state index is 0.0569. The van der Waals surface area contributed by atoms with E-state index in [1.165, 1.54) is 11.3 Å². The van der Waals surface area contributed by atoms with Crippen molar-refractivity contribution in [3.63, 3.8) is 0 Å². The second-order valence-corrected chi connectivity index (χ2v) is 6.64. The number of aryl methyl sites for hydroxylation is 1. The molecule has 1 unspecified atom stereocenters. The zero-order valence-electron chi connectivity index (χ0n) is 12.4. The maximum atomic E-state index is 12.8. The molecule has 1 N–H and O–H groups in total. The number of aromatic nitrogens is 2. The average molecular weight is 311 g/mol.